The van der Waals surface area contributed by atoms with E-state index in [4.69, 9.17) is 37.9 Å². The van der Waals surface area contributed by atoms with Crippen LogP contribution in [0.25, 0.3) is 0 Å². The summed E-state index contributed by atoms with van der Waals surface area (Å²) in [6, 6.07) is 0. The monoisotopic (exact) mass is 886 g/mol. The highest BCUT2D eigenvalue weighted by Crippen LogP contribution is 2.73. The summed E-state index contributed by atoms with van der Waals surface area (Å²) in [6.07, 6.45) is -14.0. The molecule has 4 aliphatic carbocycles. The van der Waals surface area contributed by atoms with E-state index in [-0.39, 0.29) is 29.8 Å². The van der Waals surface area contributed by atoms with Gasteiger partial charge in [0.15, 0.2) is 24.7 Å². The molecule has 9 aliphatic rings. The maximum Gasteiger partial charge on any atom is 0.187 e. The van der Waals surface area contributed by atoms with E-state index in [0.29, 0.717) is 57.5 Å². The largest absolute Gasteiger partial charge is 0.394 e. The molecular formula is C44H70O18. The Bertz CT molecular complexity index is 1660. The Kier molecular flexibility index (Phi) is 12.2. The molecule has 5 heterocycles. The van der Waals surface area contributed by atoms with Crippen LogP contribution in [0.3, 0.4) is 0 Å². The Morgan fingerprint density at radius 1 is 0.726 bits per heavy atom. The van der Waals surface area contributed by atoms with Gasteiger partial charge in [-0.25, -0.2) is 0 Å². The first kappa shape index (κ1) is 46.1. The molecule has 25 unspecified atom stereocenters. The van der Waals surface area contributed by atoms with E-state index in [2.05, 4.69) is 26.8 Å². The second-order valence-corrected chi connectivity index (χ2v) is 20.9. The fourth-order valence-electron chi connectivity index (χ4n) is 13.6. The van der Waals surface area contributed by atoms with Crippen molar-refractivity contribution in [2.75, 3.05) is 19.8 Å². The Morgan fingerprint density at radius 3 is 2.16 bits per heavy atom. The van der Waals surface area contributed by atoms with Gasteiger partial charge in [-0.05, 0) is 75.0 Å². The van der Waals surface area contributed by atoms with Gasteiger partial charge in [0.2, 0.25) is 0 Å². The minimum absolute atomic E-state index is 0.117. The van der Waals surface area contributed by atoms with Gasteiger partial charge in [-0.2, -0.15) is 0 Å². The minimum atomic E-state index is -1.74. The molecule has 0 amide bonds. The molecule has 3 saturated carbocycles. The number of hydrogen-bond acceptors (Lipinski definition) is 18. The van der Waals surface area contributed by atoms with Crippen LogP contribution in [0.1, 0.15) is 92.4 Å². The van der Waals surface area contributed by atoms with Gasteiger partial charge in [0.1, 0.15) is 66.6 Å². The highest BCUT2D eigenvalue weighted by molar-refractivity contribution is 5.33. The third-order valence-corrected chi connectivity index (χ3v) is 17.7. The summed E-state index contributed by atoms with van der Waals surface area (Å²) in [5.41, 5.74) is -2.37. The third kappa shape index (κ3) is 6.79. The van der Waals surface area contributed by atoms with Crippen LogP contribution in [0, 0.1) is 34.5 Å². The van der Waals surface area contributed by atoms with E-state index in [1.54, 1.807) is 0 Å². The summed E-state index contributed by atoms with van der Waals surface area (Å²) >= 11 is 0. The van der Waals surface area contributed by atoms with Crippen LogP contribution in [-0.4, -0.2) is 186 Å². The maximum absolute atomic E-state index is 13.0. The Morgan fingerprint density at radius 2 is 1.45 bits per heavy atom. The van der Waals surface area contributed by atoms with Crippen molar-refractivity contribution in [3.63, 3.8) is 0 Å². The average molecular weight is 887 g/mol. The first-order valence-electron chi connectivity index (χ1n) is 22.9. The number of allylic oxidation sites excluding steroid dienone is 1. The molecule has 9 rings (SSSR count). The molecule has 18 heteroatoms. The fourth-order valence-corrected chi connectivity index (χ4v) is 13.6. The molecule has 62 heavy (non-hydrogen) atoms. The molecule has 0 radical (unpaired) electrons. The number of fused-ring (bicyclic) bond motifs is 7. The number of hydrogen-bond donors (Lipinski definition) is 10. The van der Waals surface area contributed by atoms with E-state index in [0.717, 1.165) is 12.8 Å². The van der Waals surface area contributed by atoms with Crippen LogP contribution in [0.2, 0.25) is 0 Å². The molecule has 0 aromatic heterocycles. The van der Waals surface area contributed by atoms with Gasteiger partial charge in [0.05, 0.1) is 43.7 Å². The van der Waals surface area contributed by atoms with E-state index < -0.39 is 127 Å². The molecule has 5 saturated heterocycles. The Hall–Kier alpha value is -0.980. The summed E-state index contributed by atoms with van der Waals surface area (Å²) in [6.45, 7) is 9.51. The molecule has 0 aromatic carbocycles. The second kappa shape index (κ2) is 16.4. The van der Waals surface area contributed by atoms with Crippen LogP contribution in [0.15, 0.2) is 11.6 Å². The number of aliphatic hydroxyl groups excluding tert-OH is 8. The summed E-state index contributed by atoms with van der Waals surface area (Å²) in [5, 5.41) is 111. The minimum Gasteiger partial charge on any atom is -0.394 e. The van der Waals surface area contributed by atoms with Crippen LogP contribution < -0.4 is 0 Å². The molecule has 0 aromatic rings. The summed E-state index contributed by atoms with van der Waals surface area (Å²) in [5.74, 6) is -0.746. The first-order valence-corrected chi connectivity index (χ1v) is 22.9. The zero-order chi connectivity index (χ0) is 44.5. The van der Waals surface area contributed by atoms with Crippen LogP contribution in [0.5, 0.6) is 0 Å². The van der Waals surface area contributed by atoms with Crippen LogP contribution in [-0.2, 0) is 37.9 Å². The van der Waals surface area contributed by atoms with Crippen molar-refractivity contribution in [1.82, 2.24) is 0 Å². The third-order valence-electron chi connectivity index (χ3n) is 17.7. The van der Waals surface area contributed by atoms with Gasteiger partial charge in [-0.15, -0.1) is 0 Å². The fraction of sp³-hybridized carbons (Fsp3) is 0.955. The molecular weight excluding hydrogens is 816 g/mol. The van der Waals surface area contributed by atoms with Crippen molar-refractivity contribution < 1.29 is 89.0 Å². The molecule has 5 aliphatic heterocycles. The lowest BCUT2D eigenvalue weighted by atomic mass is 9.44. The summed E-state index contributed by atoms with van der Waals surface area (Å²) in [4.78, 5) is 0. The highest BCUT2D eigenvalue weighted by Gasteiger charge is 2.81. The number of aliphatic hydroxyl groups is 10. The van der Waals surface area contributed by atoms with Crippen molar-refractivity contribution in [1.29, 1.82) is 0 Å². The van der Waals surface area contributed by atoms with Gasteiger partial charge in [-0.1, -0.05) is 39.3 Å². The van der Waals surface area contributed by atoms with E-state index in [9.17, 15) is 51.1 Å². The van der Waals surface area contributed by atoms with Gasteiger partial charge >= 0.3 is 0 Å². The van der Waals surface area contributed by atoms with Gasteiger partial charge < -0.3 is 89.0 Å². The van der Waals surface area contributed by atoms with Crippen molar-refractivity contribution >= 4 is 0 Å². The first-order chi connectivity index (χ1) is 29.2. The Balaban J connectivity index is 0.934. The van der Waals surface area contributed by atoms with E-state index in [1.165, 1.54) is 12.5 Å². The molecule has 0 bridgehead atoms. The van der Waals surface area contributed by atoms with Gasteiger partial charge in [0, 0.05) is 24.2 Å². The predicted octanol–water partition coefficient (Wildman–Crippen LogP) is -0.917. The summed E-state index contributed by atoms with van der Waals surface area (Å²) < 4.78 is 49.2. The highest BCUT2D eigenvalue weighted by atomic mass is 16.8. The lowest BCUT2D eigenvalue weighted by Gasteiger charge is -2.63. The van der Waals surface area contributed by atoms with Crippen LogP contribution in [0.4, 0.5) is 0 Å². The van der Waals surface area contributed by atoms with Crippen molar-refractivity contribution in [2.45, 2.75) is 208 Å². The molecule has 25 atom stereocenters. The molecule has 18 nitrogen and oxygen atoms in total. The normalized spacial score (nSPS) is 58.9. The smallest absolute Gasteiger partial charge is 0.187 e. The van der Waals surface area contributed by atoms with E-state index in [1.807, 2.05) is 6.92 Å². The van der Waals surface area contributed by atoms with E-state index >= 15 is 0 Å². The van der Waals surface area contributed by atoms with Crippen molar-refractivity contribution in [3.05, 3.63) is 11.6 Å². The quantitative estimate of drug-likeness (QED) is 0.139. The molecule has 1 spiro atoms. The Labute approximate surface area is 362 Å². The topological polar surface area (TPSA) is 276 Å². The van der Waals surface area contributed by atoms with Crippen molar-refractivity contribution in [2.24, 2.45) is 34.5 Å². The SMILES string of the molecule is CC1CCC2(OC1)OC1CC3(O)C4CC=C5CC(OC6OC(CO)C(OC7OCC(O)C(O)C7O)C(O)C6OC6OC(C)C(O)C(O)C6O)CCC5(C)C4CCC3(C)C1(O)C2C. The van der Waals surface area contributed by atoms with Gasteiger partial charge in [-0.3, -0.25) is 0 Å². The number of ether oxygens (including phenoxy) is 8. The predicted molar refractivity (Wildman–Crippen MR) is 211 cm³/mol. The molecule has 354 valence electrons. The number of rotatable bonds is 7. The second-order valence-electron chi connectivity index (χ2n) is 20.9. The maximum atomic E-state index is 13.0. The lowest BCUT2D eigenvalue weighted by molar-refractivity contribution is -0.386. The average Bonchev–Trinajstić information content (AvgIpc) is 3.56. The molecule has 10 N–H and O–H groups in total. The molecule has 8 fully saturated rings. The summed E-state index contributed by atoms with van der Waals surface area (Å²) in [7, 11) is 0. The standard InChI is InChI=1S/C44H70O18/c1-19-8-13-43(56-17-19)21(3)44(54)28(62-43)15-42(53)25-7-6-22-14-23(9-11-40(22,4)24(25)10-12-41(42,44)5)58-39-36(61-38-33(51)31(49)29(47)20(2)57-38)34(52)35(27(16-45)59-39)60-37-32(50)30(48)26(46)18-55-37/h6,19-21,23-39,45-54H,7-18H2,1-5H3. The van der Waals surface area contributed by atoms with Gasteiger partial charge in [0.25, 0.3) is 0 Å². The van der Waals surface area contributed by atoms with Crippen LogP contribution >= 0.6 is 0 Å². The zero-order valence-corrected chi connectivity index (χ0v) is 36.3. The van der Waals surface area contributed by atoms with Crippen molar-refractivity contribution in [3.8, 4) is 0 Å². The zero-order valence-electron chi connectivity index (χ0n) is 36.3. The lowest BCUT2D eigenvalue weighted by Crippen LogP contribution is -2.67.